The minimum absolute atomic E-state index is 0.0842. The van der Waals surface area contributed by atoms with E-state index in [1.165, 1.54) is 11.8 Å². The Morgan fingerprint density at radius 1 is 1.25 bits per heavy atom. The van der Waals surface area contributed by atoms with Gasteiger partial charge in [-0.25, -0.2) is 9.67 Å². The summed E-state index contributed by atoms with van der Waals surface area (Å²) in [5, 5.41) is 11.7. The predicted octanol–water partition coefficient (Wildman–Crippen LogP) is 3.28. The summed E-state index contributed by atoms with van der Waals surface area (Å²) in [4.78, 5) is 31.0. The number of carbonyl (C=O) groups is 2. The fourth-order valence-corrected chi connectivity index (χ4v) is 3.80. The van der Waals surface area contributed by atoms with E-state index in [9.17, 15) is 9.59 Å². The second-order valence-corrected chi connectivity index (χ2v) is 7.86. The third-order valence-corrected chi connectivity index (χ3v) is 5.74. The van der Waals surface area contributed by atoms with Gasteiger partial charge >= 0.3 is 0 Å². The zero-order valence-electron chi connectivity index (χ0n) is 18.6. The lowest BCUT2D eigenvalue weighted by Gasteiger charge is -2.25. The highest BCUT2D eigenvalue weighted by Gasteiger charge is 2.22. The number of aromatic nitrogens is 3. The van der Waals surface area contributed by atoms with Gasteiger partial charge in [0.15, 0.2) is 5.65 Å². The highest BCUT2D eigenvalue weighted by molar-refractivity contribution is 6.12. The van der Waals surface area contributed by atoms with Gasteiger partial charge in [-0.3, -0.25) is 9.59 Å². The molecule has 168 valence electrons. The highest BCUT2D eigenvalue weighted by atomic mass is 16.5. The Morgan fingerprint density at radius 2 is 2.03 bits per heavy atom. The van der Waals surface area contributed by atoms with Gasteiger partial charge in [-0.2, -0.15) is 5.10 Å². The quantitative estimate of drug-likeness (QED) is 0.615. The van der Waals surface area contributed by atoms with E-state index in [-0.39, 0.29) is 17.9 Å². The Bertz CT molecular complexity index is 1140. The number of carbonyl (C=O) groups excluding carboxylic acids is 2. The molecule has 2 aromatic heterocycles. The van der Waals surface area contributed by atoms with Gasteiger partial charge in [-0.15, -0.1) is 0 Å². The number of rotatable bonds is 6. The van der Waals surface area contributed by atoms with Gasteiger partial charge in [-0.1, -0.05) is 6.07 Å². The molecule has 3 aromatic rings. The molecular formula is C23H28N6O3. The topological polar surface area (TPSA) is 101 Å². The molecule has 9 nitrogen and oxygen atoms in total. The standard InChI is InChI=1S/C23H28N6O3/c1-4-29-22-19(14-25-29)21(26-16-8-10-32-11-9-16)20(13-24-22)23(31)27-17-6-5-7-18(12-17)28(3)15(2)30/h5-7,12-14,16H,4,8-11H2,1-3H3,(H,24,26)(H,27,31). The molecule has 0 bridgehead atoms. The fourth-order valence-electron chi connectivity index (χ4n) is 3.80. The van der Waals surface area contributed by atoms with Crippen LogP contribution in [-0.2, 0) is 16.1 Å². The van der Waals surface area contributed by atoms with Crippen LogP contribution in [-0.4, -0.2) is 52.9 Å². The van der Waals surface area contributed by atoms with Gasteiger partial charge in [0.1, 0.15) is 0 Å². The van der Waals surface area contributed by atoms with Crippen molar-refractivity contribution in [1.29, 1.82) is 0 Å². The second kappa shape index (κ2) is 9.35. The van der Waals surface area contributed by atoms with Crippen LogP contribution in [0.25, 0.3) is 11.0 Å². The van der Waals surface area contributed by atoms with Crippen LogP contribution in [0.3, 0.4) is 0 Å². The first-order valence-electron chi connectivity index (χ1n) is 10.8. The van der Waals surface area contributed by atoms with Crippen molar-refractivity contribution in [3.8, 4) is 0 Å². The van der Waals surface area contributed by atoms with Crippen LogP contribution in [0.4, 0.5) is 17.1 Å². The Kier molecular flexibility index (Phi) is 6.36. The van der Waals surface area contributed by atoms with Crippen LogP contribution < -0.4 is 15.5 Å². The Labute approximate surface area is 186 Å². The van der Waals surface area contributed by atoms with E-state index >= 15 is 0 Å². The van der Waals surface area contributed by atoms with E-state index in [0.717, 1.165) is 29.6 Å². The molecule has 2 amide bonds. The molecule has 4 rings (SSSR count). The van der Waals surface area contributed by atoms with Gasteiger partial charge in [-0.05, 0) is 38.0 Å². The van der Waals surface area contributed by atoms with Crippen LogP contribution in [0.15, 0.2) is 36.7 Å². The van der Waals surface area contributed by atoms with Crippen LogP contribution in [0.5, 0.6) is 0 Å². The zero-order valence-corrected chi connectivity index (χ0v) is 18.6. The summed E-state index contributed by atoms with van der Waals surface area (Å²) in [6.07, 6.45) is 5.09. The van der Waals surface area contributed by atoms with Gasteiger partial charge < -0.3 is 20.3 Å². The lowest BCUT2D eigenvalue weighted by molar-refractivity contribution is -0.116. The number of benzene rings is 1. The smallest absolute Gasteiger partial charge is 0.259 e. The molecule has 1 fully saturated rings. The second-order valence-electron chi connectivity index (χ2n) is 7.86. The molecule has 0 radical (unpaired) electrons. The Hall–Kier alpha value is -3.46. The first-order chi connectivity index (χ1) is 15.5. The third kappa shape index (κ3) is 4.43. The molecule has 0 spiro atoms. The maximum Gasteiger partial charge on any atom is 0.259 e. The molecule has 1 saturated heterocycles. The number of pyridine rings is 1. The molecule has 0 saturated carbocycles. The molecule has 0 aliphatic carbocycles. The van der Waals surface area contributed by atoms with Crippen LogP contribution in [0.2, 0.25) is 0 Å². The van der Waals surface area contributed by atoms with Gasteiger partial charge in [0.05, 0.1) is 22.8 Å². The van der Waals surface area contributed by atoms with Gasteiger partial charge in [0.2, 0.25) is 5.91 Å². The van der Waals surface area contributed by atoms with Crippen molar-refractivity contribution >= 4 is 39.9 Å². The molecule has 9 heteroatoms. The number of hydrogen-bond donors (Lipinski definition) is 2. The van der Waals surface area contributed by atoms with Crippen molar-refractivity contribution in [1.82, 2.24) is 14.8 Å². The van der Waals surface area contributed by atoms with Crippen LogP contribution in [0, 0.1) is 0 Å². The number of fused-ring (bicyclic) bond motifs is 1. The van der Waals surface area contributed by atoms with E-state index in [0.29, 0.717) is 36.7 Å². The van der Waals surface area contributed by atoms with Crippen molar-refractivity contribution in [3.63, 3.8) is 0 Å². The summed E-state index contributed by atoms with van der Waals surface area (Å²) < 4.78 is 7.29. The zero-order chi connectivity index (χ0) is 22.7. The summed E-state index contributed by atoms with van der Waals surface area (Å²) in [6, 6.07) is 7.40. The fraction of sp³-hybridized carbons (Fsp3) is 0.391. The summed E-state index contributed by atoms with van der Waals surface area (Å²) in [7, 11) is 1.70. The Balaban J connectivity index is 1.67. The van der Waals surface area contributed by atoms with E-state index < -0.39 is 0 Å². The lowest BCUT2D eigenvalue weighted by Crippen LogP contribution is -2.29. The number of anilines is 3. The van der Waals surface area contributed by atoms with Crippen molar-refractivity contribution in [2.45, 2.75) is 39.3 Å². The number of hydrogen-bond acceptors (Lipinski definition) is 6. The largest absolute Gasteiger partial charge is 0.381 e. The summed E-state index contributed by atoms with van der Waals surface area (Å²) >= 11 is 0. The lowest BCUT2D eigenvalue weighted by atomic mass is 10.1. The summed E-state index contributed by atoms with van der Waals surface area (Å²) in [5.41, 5.74) is 3.22. The molecule has 0 unspecified atom stereocenters. The molecule has 2 N–H and O–H groups in total. The molecule has 1 aliphatic rings. The minimum Gasteiger partial charge on any atom is -0.381 e. The normalized spacial score (nSPS) is 14.3. The molecule has 1 aromatic carbocycles. The molecule has 3 heterocycles. The van der Waals surface area contributed by atoms with Crippen molar-refractivity contribution in [3.05, 3.63) is 42.2 Å². The molecule has 32 heavy (non-hydrogen) atoms. The molecule has 0 atom stereocenters. The SMILES string of the molecule is CCn1ncc2c(NC3CCOCC3)c(C(=O)Nc3cccc(N(C)C(C)=O)c3)cnc21. The van der Waals surface area contributed by atoms with Gasteiger partial charge in [0.25, 0.3) is 5.91 Å². The molecular weight excluding hydrogens is 408 g/mol. The number of ether oxygens (including phenoxy) is 1. The average molecular weight is 437 g/mol. The number of nitrogens with zero attached hydrogens (tertiary/aromatic N) is 4. The van der Waals surface area contributed by atoms with Crippen LogP contribution >= 0.6 is 0 Å². The first kappa shape index (κ1) is 21.8. The maximum atomic E-state index is 13.3. The van der Waals surface area contributed by atoms with E-state index in [1.807, 2.05) is 17.7 Å². The van der Waals surface area contributed by atoms with Gasteiger partial charge in [0, 0.05) is 57.3 Å². The summed E-state index contributed by atoms with van der Waals surface area (Å²) in [5.74, 6) is -0.361. The van der Waals surface area contributed by atoms with E-state index in [2.05, 4.69) is 20.7 Å². The number of nitrogens with one attached hydrogen (secondary N) is 2. The highest BCUT2D eigenvalue weighted by Crippen LogP contribution is 2.29. The van der Waals surface area contributed by atoms with Crippen molar-refractivity contribution < 1.29 is 14.3 Å². The average Bonchev–Trinajstić information content (AvgIpc) is 3.23. The monoisotopic (exact) mass is 436 g/mol. The Morgan fingerprint density at radius 3 is 2.75 bits per heavy atom. The predicted molar refractivity (Wildman–Crippen MR) is 124 cm³/mol. The first-order valence-corrected chi connectivity index (χ1v) is 10.8. The summed E-state index contributed by atoms with van der Waals surface area (Å²) in [6.45, 7) is 5.58. The van der Waals surface area contributed by atoms with Crippen molar-refractivity contribution in [2.24, 2.45) is 0 Å². The molecule has 1 aliphatic heterocycles. The maximum absolute atomic E-state index is 13.3. The number of aryl methyl sites for hydroxylation is 1. The van der Waals surface area contributed by atoms with E-state index in [4.69, 9.17) is 4.74 Å². The number of amides is 2. The van der Waals surface area contributed by atoms with Crippen LogP contribution in [0.1, 0.15) is 37.0 Å². The third-order valence-electron chi connectivity index (χ3n) is 5.74. The van der Waals surface area contributed by atoms with E-state index in [1.54, 1.807) is 37.6 Å². The minimum atomic E-state index is -0.277. The van der Waals surface area contributed by atoms with Crippen molar-refractivity contribution in [2.75, 3.05) is 35.8 Å².